The van der Waals surface area contributed by atoms with Crippen LogP contribution in [-0.4, -0.2) is 39.1 Å². The maximum absolute atomic E-state index is 11.8. The number of thiazole rings is 1. The van der Waals surface area contributed by atoms with Crippen LogP contribution in [0.3, 0.4) is 0 Å². The summed E-state index contributed by atoms with van der Waals surface area (Å²) in [5.41, 5.74) is 0.611. The molecule has 2 aromatic heterocycles. The highest BCUT2D eigenvalue weighted by Crippen LogP contribution is 2.29. The molecule has 2 aromatic rings. The standard InChI is InChI=1S/C15H17N3O3S/c19-10-17-4-1-11(2-5-17)15-16-12(9-22-15)8-18-6-3-13(20)7-14(18)21/h3,6-7,9-11,20H,1-2,4-5,8H2. The van der Waals surface area contributed by atoms with Crippen molar-refractivity contribution in [3.63, 3.8) is 0 Å². The van der Waals surface area contributed by atoms with Gasteiger partial charge in [-0.25, -0.2) is 4.98 Å². The Morgan fingerprint density at radius 1 is 1.41 bits per heavy atom. The van der Waals surface area contributed by atoms with Gasteiger partial charge in [-0.15, -0.1) is 11.3 Å². The van der Waals surface area contributed by atoms with Crippen molar-refractivity contribution in [2.24, 2.45) is 0 Å². The number of aromatic hydroxyl groups is 1. The van der Waals surface area contributed by atoms with Gasteiger partial charge in [0.1, 0.15) is 5.75 Å². The van der Waals surface area contributed by atoms with Gasteiger partial charge in [0.25, 0.3) is 5.56 Å². The lowest BCUT2D eigenvalue weighted by Gasteiger charge is -2.27. The molecule has 22 heavy (non-hydrogen) atoms. The Morgan fingerprint density at radius 2 is 2.18 bits per heavy atom. The molecule has 3 rings (SSSR count). The fourth-order valence-corrected chi connectivity index (χ4v) is 3.62. The molecule has 0 aliphatic carbocycles. The molecule has 0 spiro atoms. The summed E-state index contributed by atoms with van der Waals surface area (Å²) >= 11 is 1.61. The second-order valence-electron chi connectivity index (χ2n) is 5.44. The number of pyridine rings is 1. The van der Waals surface area contributed by atoms with Gasteiger partial charge in [-0.3, -0.25) is 9.59 Å². The molecule has 0 bridgehead atoms. The molecule has 0 aromatic carbocycles. The second-order valence-corrected chi connectivity index (χ2v) is 6.33. The third kappa shape index (κ3) is 3.19. The topological polar surface area (TPSA) is 75.4 Å². The molecule has 7 heteroatoms. The Balaban J connectivity index is 1.69. The number of likely N-dealkylation sites (tertiary alicyclic amines) is 1. The zero-order valence-corrected chi connectivity index (χ0v) is 12.8. The summed E-state index contributed by atoms with van der Waals surface area (Å²) in [6.45, 7) is 1.96. The van der Waals surface area contributed by atoms with E-state index in [1.54, 1.807) is 22.4 Å². The summed E-state index contributed by atoms with van der Waals surface area (Å²) < 4.78 is 1.52. The first-order valence-electron chi connectivity index (χ1n) is 7.19. The lowest BCUT2D eigenvalue weighted by atomic mass is 9.98. The molecular weight excluding hydrogens is 302 g/mol. The highest BCUT2D eigenvalue weighted by atomic mass is 32.1. The average Bonchev–Trinajstić information content (AvgIpc) is 2.99. The maximum atomic E-state index is 11.8. The minimum atomic E-state index is -0.242. The smallest absolute Gasteiger partial charge is 0.254 e. The third-order valence-electron chi connectivity index (χ3n) is 3.91. The summed E-state index contributed by atoms with van der Waals surface area (Å²) in [6, 6.07) is 2.69. The van der Waals surface area contributed by atoms with Crippen LogP contribution in [0.15, 0.2) is 28.5 Å². The van der Waals surface area contributed by atoms with E-state index in [4.69, 9.17) is 0 Å². The summed E-state index contributed by atoms with van der Waals surface area (Å²) in [6.07, 6.45) is 4.34. The molecule has 116 valence electrons. The van der Waals surface area contributed by atoms with Gasteiger partial charge in [-0.05, 0) is 18.9 Å². The number of rotatable bonds is 4. The number of aromatic nitrogens is 2. The van der Waals surface area contributed by atoms with E-state index < -0.39 is 0 Å². The van der Waals surface area contributed by atoms with Crippen molar-refractivity contribution in [1.29, 1.82) is 0 Å². The van der Waals surface area contributed by atoms with Crippen molar-refractivity contribution in [1.82, 2.24) is 14.5 Å². The summed E-state index contributed by atoms with van der Waals surface area (Å²) in [7, 11) is 0. The number of hydrogen-bond acceptors (Lipinski definition) is 5. The molecule has 1 N–H and O–H groups in total. The van der Waals surface area contributed by atoms with Gasteiger partial charge in [-0.1, -0.05) is 0 Å². The molecule has 0 atom stereocenters. The van der Waals surface area contributed by atoms with Crippen molar-refractivity contribution >= 4 is 17.7 Å². The van der Waals surface area contributed by atoms with Gasteiger partial charge in [0, 0.05) is 36.7 Å². The summed E-state index contributed by atoms with van der Waals surface area (Å²) in [5, 5.41) is 12.3. The molecule has 6 nitrogen and oxygen atoms in total. The predicted molar refractivity (Wildman–Crippen MR) is 83.2 cm³/mol. The van der Waals surface area contributed by atoms with Gasteiger partial charge in [0.2, 0.25) is 6.41 Å². The van der Waals surface area contributed by atoms with Crippen LogP contribution >= 0.6 is 11.3 Å². The largest absolute Gasteiger partial charge is 0.508 e. The molecule has 0 saturated carbocycles. The molecule has 1 aliphatic rings. The first-order valence-corrected chi connectivity index (χ1v) is 8.07. The van der Waals surface area contributed by atoms with E-state index in [0.717, 1.165) is 43.0 Å². The number of piperidine rings is 1. The Hall–Kier alpha value is -2.15. The Kier molecular flexibility index (Phi) is 4.24. The minimum absolute atomic E-state index is 0.0258. The fourth-order valence-electron chi connectivity index (χ4n) is 2.64. The molecule has 1 aliphatic heterocycles. The fraction of sp³-hybridized carbons (Fsp3) is 0.400. The Morgan fingerprint density at radius 3 is 2.86 bits per heavy atom. The van der Waals surface area contributed by atoms with Crippen molar-refractivity contribution in [3.8, 4) is 5.75 Å². The van der Waals surface area contributed by atoms with Gasteiger partial charge in [0.15, 0.2) is 0 Å². The maximum Gasteiger partial charge on any atom is 0.254 e. The Labute approximate surface area is 131 Å². The number of carbonyl (C=O) groups is 1. The molecule has 1 amide bonds. The van der Waals surface area contributed by atoms with Gasteiger partial charge >= 0.3 is 0 Å². The normalized spacial score (nSPS) is 15.9. The first-order chi connectivity index (χ1) is 10.7. The second kappa shape index (κ2) is 6.31. The first kappa shape index (κ1) is 14.8. The highest BCUT2D eigenvalue weighted by molar-refractivity contribution is 7.09. The van der Waals surface area contributed by atoms with Crippen LogP contribution in [0.5, 0.6) is 5.75 Å². The van der Waals surface area contributed by atoms with Crippen LogP contribution in [0.2, 0.25) is 0 Å². The summed E-state index contributed by atoms with van der Waals surface area (Å²) in [4.78, 5) is 28.9. The van der Waals surface area contributed by atoms with Crippen LogP contribution in [0.25, 0.3) is 0 Å². The number of amides is 1. The zero-order valence-electron chi connectivity index (χ0n) is 12.0. The van der Waals surface area contributed by atoms with Crippen LogP contribution in [0, 0.1) is 0 Å². The van der Waals surface area contributed by atoms with Crippen LogP contribution in [-0.2, 0) is 11.3 Å². The van der Waals surface area contributed by atoms with Crippen molar-refractivity contribution in [2.75, 3.05) is 13.1 Å². The SMILES string of the molecule is O=CN1CCC(c2nc(Cn3ccc(O)cc3=O)cs2)CC1. The zero-order chi connectivity index (χ0) is 15.5. The summed E-state index contributed by atoms with van der Waals surface area (Å²) in [5.74, 6) is 0.369. The lowest BCUT2D eigenvalue weighted by molar-refractivity contribution is -0.119. The molecule has 1 saturated heterocycles. The van der Waals surface area contributed by atoms with Crippen LogP contribution in [0.4, 0.5) is 0 Å². The molecule has 0 unspecified atom stereocenters. The third-order valence-corrected chi connectivity index (χ3v) is 4.97. The van der Waals surface area contributed by atoms with Crippen molar-refractivity contribution in [2.45, 2.75) is 25.3 Å². The van der Waals surface area contributed by atoms with Crippen LogP contribution < -0.4 is 5.56 Å². The molecule has 3 heterocycles. The molecule has 1 fully saturated rings. The van der Waals surface area contributed by atoms with Gasteiger partial charge in [0.05, 0.1) is 17.2 Å². The van der Waals surface area contributed by atoms with Crippen molar-refractivity contribution < 1.29 is 9.90 Å². The Bertz CT molecular complexity index is 717. The lowest BCUT2D eigenvalue weighted by Crippen LogP contribution is -2.31. The number of hydrogen-bond donors (Lipinski definition) is 1. The van der Waals surface area contributed by atoms with E-state index in [1.807, 2.05) is 5.38 Å². The molecule has 0 radical (unpaired) electrons. The van der Waals surface area contributed by atoms with E-state index in [1.165, 1.54) is 16.7 Å². The molecular formula is C15H17N3O3S. The quantitative estimate of drug-likeness (QED) is 0.864. The van der Waals surface area contributed by atoms with Crippen LogP contribution in [0.1, 0.15) is 29.5 Å². The van der Waals surface area contributed by atoms with Gasteiger partial charge < -0.3 is 14.6 Å². The van der Waals surface area contributed by atoms with E-state index in [0.29, 0.717) is 12.5 Å². The highest BCUT2D eigenvalue weighted by Gasteiger charge is 2.22. The van der Waals surface area contributed by atoms with Gasteiger partial charge in [-0.2, -0.15) is 0 Å². The van der Waals surface area contributed by atoms with E-state index in [2.05, 4.69) is 4.98 Å². The van der Waals surface area contributed by atoms with E-state index >= 15 is 0 Å². The number of nitrogens with zero attached hydrogens (tertiary/aromatic N) is 3. The monoisotopic (exact) mass is 319 g/mol. The van der Waals surface area contributed by atoms with Crippen molar-refractivity contribution in [3.05, 3.63) is 44.8 Å². The average molecular weight is 319 g/mol. The van der Waals surface area contributed by atoms with E-state index in [-0.39, 0.29) is 11.3 Å². The predicted octanol–water partition coefficient (Wildman–Crippen LogP) is 1.39. The number of carbonyl (C=O) groups excluding carboxylic acids is 1. The minimum Gasteiger partial charge on any atom is -0.508 e. The van der Waals surface area contributed by atoms with E-state index in [9.17, 15) is 14.7 Å².